The lowest BCUT2D eigenvalue weighted by Crippen LogP contribution is -2.43. The smallest absolute Gasteiger partial charge is 0.222 e. The Balaban J connectivity index is 2.02. The highest BCUT2D eigenvalue weighted by Gasteiger charge is 2.28. The third-order valence-corrected chi connectivity index (χ3v) is 4.28. The van der Waals surface area contributed by atoms with Crippen molar-refractivity contribution < 1.29 is 4.79 Å². The molecule has 0 saturated carbocycles. The van der Waals surface area contributed by atoms with Gasteiger partial charge in [0.05, 0.1) is 0 Å². The minimum absolute atomic E-state index is 0.133. The fourth-order valence-electron chi connectivity index (χ4n) is 2.89. The summed E-state index contributed by atoms with van der Waals surface area (Å²) in [7, 11) is 1.70. The van der Waals surface area contributed by atoms with E-state index in [2.05, 4.69) is 16.3 Å². The lowest BCUT2D eigenvalue weighted by atomic mass is 9.93. The number of nitrogens with one attached hydrogen (secondary N) is 1. The van der Waals surface area contributed by atoms with Gasteiger partial charge in [0.2, 0.25) is 5.91 Å². The Labute approximate surface area is 125 Å². The highest BCUT2D eigenvalue weighted by molar-refractivity contribution is 6.30. The molecular formula is C15H22ClN3O. The van der Waals surface area contributed by atoms with E-state index in [1.807, 2.05) is 18.2 Å². The Kier molecular flexibility index (Phi) is 5.40. The van der Waals surface area contributed by atoms with Crippen molar-refractivity contribution in [2.75, 3.05) is 26.7 Å². The summed E-state index contributed by atoms with van der Waals surface area (Å²) in [4.78, 5) is 14.0. The highest BCUT2D eigenvalue weighted by Crippen LogP contribution is 2.27. The molecule has 1 aromatic rings. The first-order valence-electron chi connectivity index (χ1n) is 7.07. The van der Waals surface area contributed by atoms with Gasteiger partial charge >= 0.3 is 0 Å². The molecule has 1 heterocycles. The van der Waals surface area contributed by atoms with Crippen LogP contribution in [0, 0.1) is 5.92 Å². The summed E-state index contributed by atoms with van der Waals surface area (Å²) in [5.74, 6) is 0.283. The molecule has 1 amide bonds. The summed E-state index contributed by atoms with van der Waals surface area (Å²) in [6, 6.07) is 8.05. The SMILES string of the molecule is CNC(=O)C1CCN(C(CN)c2cccc(Cl)c2)CC1. The average Bonchev–Trinajstić information content (AvgIpc) is 2.48. The number of amides is 1. The number of nitrogens with two attached hydrogens (primary N) is 1. The number of carbonyl (C=O) groups is 1. The van der Waals surface area contributed by atoms with Gasteiger partial charge in [-0.3, -0.25) is 9.69 Å². The van der Waals surface area contributed by atoms with Crippen LogP contribution in [0.25, 0.3) is 0 Å². The van der Waals surface area contributed by atoms with Crippen molar-refractivity contribution in [3.63, 3.8) is 0 Å². The minimum Gasteiger partial charge on any atom is -0.359 e. The molecule has 1 fully saturated rings. The molecule has 0 aliphatic carbocycles. The Morgan fingerprint density at radius 1 is 1.50 bits per heavy atom. The number of hydrogen-bond acceptors (Lipinski definition) is 3. The number of carbonyl (C=O) groups excluding carboxylic acids is 1. The molecule has 2 rings (SSSR count). The zero-order chi connectivity index (χ0) is 14.5. The molecule has 0 spiro atoms. The van der Waals surface area contributed by atoms with Gasteiger partial charge in [-0.05, 0) is 43.6 Å². The third kappa shape index (κ3) is 3.51. The number of benzene rings is 1. The number of hydrogen-bond donors (Lipinski definition) is 2. The Morgan fingerprint density at radius 2 is 2.20 bits per heavy atom. The van der Waals surface area contributed by atoms with Crippen molar-refractivity contribution in [2.24, 2.45) is 11.7 Å². The first kappa shape index (κ1) is 15.3. The predicted molar refractivity (Wildman–Crippen MR) is 81.6 cm³/mol. The maximum Gasteiger partial charge on any atom is 0.222 e. The number of rotatable bonds is 4. The average molecular weight is 296 g/mol. The molecule has 3 N–H and O–H groups in total. The quantitative estimate of drug-likeness (QED) is 0.890. The van der Waals surface area contributed by atoms with Crippen LogP contribution in [-0.2, 0) is 4.79 Å². The first-order chi connectivity index (χ1) is 9.65. The van der Waals surface area contributed by atoms with E-state index < -0.39 is 0 Å². The van der Waals surface area contributed by atoms with Gasteiger partial charge < -0.3 is 11.1 Å². The van der Waals surface area contributed by atoms with E-state index in [1.165, 1.54) is 0 Å². The molecule has 0 radical (unpaired) electrons. The summed E-state index contributed by atoms with van der Waals surface area (Å²) >= 11 is 6.06. The van der Waals surface area contributed by atoms with Crippen LogP contribution in [0.1, 0.15) is 24.4 Å². The topological polar surface area (TPSA) is 58.4 Å². The van der Waals surface area contributed by atoms with E-state index >= 15 is 0 Å². The Morgan fingerprint density at radius 3 is 2.75 bits per heavy atom. The summed E-state index contributed by atoms with van der Waals surface area (Å²) in [5, 5.41) is 3.47. The largest absolute Gasteiger partial charge is 0.359 e. The molecule has 110 valence electrons. The maximum absolute atomic E-state index is 11.7. The summed E-state index contributed by atoms with van der Waals surface area (Å²) < 4.78 is 0. The van der Waals surface area contributed by atoms with Crippen LogP contribution >= 0.6 is 11.6 Å². The maximum atomic E-state index is 11.7. The fraction of sp³-hybridized carbons (Fsp3) is 0.533. The zero-order valence-electron chi connectivity index (χ0n) is 11.8. The van der Waals surface area contributed by atoms with Crippen molar-refractivity contribution in [1.82, 2.24) is 10.2 Å². The number of halogens is 1. The van der Waals surface area contributed by atoms with E-state index in [4.69, 9.17) is 17.3 Å². The van der Waals surface area contributed by atoms with E-state index in [0.717, 1.165) is 36.5 Å². The lowest BCUT2D eigenvalue weighted by molar-refractivity contribution is -0.126. The number of likely N-dealkylation sites (tertiary alicyclic amines) is 1. The molecule has 1 aliphatic rings. The minimum atomic E-state index is 0.133. The van der Waals surface area contributed by atoms with E-state index in [-0.39, 0.29) is 17.9 Å². The lowest BCUT2D eigenvalue weighted by Gasteiger charge is -2.36. The van der Waals surface area contributed by atoms with E-state index in [0.29, 0.717) is 6.54 Å². The molecule has 0 aromatic heterocycles. The van der Waals surface area contributed by atoms with Crippen molar-refractivity contribution in [2.45, 2.75) is 18.9 Å². The molecule has 1 aliphatic heterocycles. The van der Waals surface area contributed by atoms with Crippen LogP contribution in [0.15, 0.2) is 24.3 Å². The third-order valence-electron chi connectivity index (χ3n) is 4.04. The monoisotopic (exact) mass is 295 g/mol. The second-order valence-corrected chi connectivity index (χ2v) is 5.67. The fourth-order valence-corrected chi connectivity index (χ4v) is 3.09. The molecule has 1 atom stereocenters. The number of piperidine rings is 1. The standard InChI is InChI=1S/C15H22ClN3O/c1-18-15(20)11-5-7-19(8-6-11)14(10-17)12-3-2-4-13(16)9-12/h2-4,9,11,14H,5-8,10,17H2,1H3,(H,18,20). The molecule has 1 unspecified atom stereocenters. The summed E-state index contributed by atoms with van der Waals surface area (Å²) in [5.41, 5.74) is 7.09. The van der Waals surface area contributed by atoms with Crippen LogP contribution in [0.3, 0.4) is 0 Å². The van der Waals surface area contributed by atoms with Gasteiger partial charge in [0.25, 0.3) is 0 Å². The molecule has 0 bridgehead atoms. The predicted octanol–water partition coefficient (Wildman–Crippen LogP) is 1.80. The molecule has 20 heavy (non-hydrogen) atoms. The Bertz CT molecular complexity index is 458. The van der Waals surface area contributed by atoms with E-state index in [9.17, 15) is 4.79 Å². The van der Waals surface area contributed by atoms with Crippen molar-refractivity contribution in [3.05, 3.63) is 34.9 Å². The first-order valence-corrected chi connectivity index (χ1v) is 7.44. The molecule has 5 heteroatoms. The molecule has 1 aromatic carbocycles. The van der Waals surface area contributed by atoms with Gasteiger partial charge in [0, 0.05) is 30.6 Å². The van der Waals surface area contributed by atoms with Gasteiger partial charge in [-0.25, -0.2) is 0 Å². The highest BCUT2D eigenvalue weighted by atomic mass is 35.5. The van der Waals surface area contributed by atoms with Crippen LogP contribution in [0.5, 0.6) is 0 Å². The van der Waals surface area contributed by atoms with Crippen molar-refractivity contribution >= 4 is 17.5 Å². The molecule has 4 nitrogen and oxygen atoms in total. The van der Waals surface area contributed by atoms with E-state index in [1.54, 1.807) is 7.05 Å². The zero-order valence-corrected chi connectivity index (χ0v) is 12.6. The second-order valence-electron chi connectivity index (χ2n) is 5.23. The van der Waals surface area contributed by atoms with Gasteiger partial charge in [0.1, 0.15) is 0 Å². The van der Waals surface area contributed by atoms with Gasteiger partial charge in [-0.15, -0.1) is 0 Å². The van der Waals surface area contributed by atoms with Gasteiger partial charge in [-0.1, -0.05) is 23.7 Å². The van der Waals surface area contributed by atoms with Crippen LogP contribution < -0.4 is 11.1 Å². The Hall–Kier alpha value is -1.10. The van der Waals surface area contributed by atoms with Crippen molar-refractivity contribution in [1.29, 1.82) is 0 Å². The molecular weight excluding hydrogens is 274 g/mol. The summed E-state index contributed by atoms with van der Waals surface area (Å²) in [6.45, 7) is 2.35. The van der Waals surface area contributed by atoms with Crippen LogP contribution in [0.4, 0.5) is 0 Å². The second kappa shape index (κ2) is 7.07. The van der Waals surface area contributed by atoms with Gasteiger partial charge in [-0.2, -0.15) is 0 Å². The normalized spacial score (nSPS) is 18.8. The van der Waals surface area contributed by atoms with Crippen LogP contribution in [-0.4, -0.2) is 37.5 Å². The van der Waals surface area contributed by atoms with Crippen molar-refractivity contribution in [3.8, 4) is 0 Å². The molecule has 1 saturated heterocycles. The summed E-state index contributed by atoms with van der Waals surface area (Å²) in [6.07, 6.45) is 1.77. The van der Waals surface area contributed by atoms with Crippen LogP contribution in [0.2, 0.25) is 5.02 Å². The van der Waals surface area contributed by atoms with Gasteiger partial charge in [0.15, 0.2) is 0 Å². The number of nitrogens with zero attached hydrogens (tertiary/aromatic N) is 1.